The van der Waals surface area contributed by atoms with Crippen LogP contribution in [0.15, 0.2) is 40.9 Å². The molecule has 1 N–H and O–H groups in total. The number of nitrogens with zero attached hydrogens (tertiary/aromatic N) is 1. The number of amides is 1. The van der Waals surface area contributed by atoms with Crippen molar-refractivity contribution in [2.45, 2.75) is 0 Å². The van der Waals surface area contributed by atoms with Crippen molar-refractivity contribution in [1.82, 2.24) is 4.98 Å². The van der Waals surface area contributed by atoms with Gasteiger partial charge in [0.1, 0.15) is 0 Å². The highest BCUT2D eigenvalue weighted by Gasteiger charge is 2.14. The van der Waals surface area contributed by atoms with E-state index >= 15 is 0 Å². The molecule has 2 aromatic carbocycles. The number of anilines is 1. The van der Waals surface area contributed by atoms with Crippen molar-refractivity contribution in [2.24, 2.45) is 0 Å². The fourth-order valence-electron chi connectivity index (χ4n) is 2.12. The van der Waals surface area contributed by atoms with Crippen LogP contribution in [-0.2, 0) is 0 Å². The molecule has 23 heavy (non-hydrogen) atoms. The molecule has 7 heteroatoms. The summed E-state index contributed by atoms with van der Waals surface area (Å²) in [6, 6.07) is 10.9. The van der Waals surface area contributed by atoms with Gasteiger partial charge in [0, 0.05) is 16.6 Å². The summed E-state index contributed by atoms with van der Waals surface area (Å²) in [5.74, 6) is 1.02. The van der Waals surface area contributed by atoms with E-state index in [1.165, 1.54) is 11.3 Å². The van der Waals surface area contributed by atoms with E-state index in [-0.39, 0.29) is 5.91 Å². The van der Waals surface area contributed by atoms with Crippen LogP contribution in [0.25, 0.3) is 10.2 Å². The van der Waals surface area contributed by atoms with Gasteiger partial charge in [0.05, 0.1) is 30.0 Å². The number of carbonyl (C=O) groups is 1. The highest BCUT2D eigenvalue weighted by atomic mass is 79.9. The zero-order chi connectivity index (χ0) is 16.4. The summed E-state index contributed by atoms with van der Waals surface area (Å²) in [5, 5.41) is 3.34. The maximum atomic E-state index is 12.3. The summed E-state index contributed by atoms with van der Waals surface area (Å²) < 4.78 is 12.2. The number of aromatic nitrogens is 1. The van der Waals surface area contributed by atoms with Gasteiger partial charge in [-0.1, -0.05) is 23.5 Å². The molecule has 3 rings (SSSR count). The Morgan fingerprint density at radius 2 is 1.87 bits per heavy atom. The zero-order valence-corrected chi connectivity index (χ0v) is 14.8. The Balaban J connectivity index is 1.92. The minimum atomic E-state index is -0.213. The van der Waals surface area contributed by atoms with Crippen LogP contribution in [-0.4, -0.2) is 25.1 Å². The number of thiazole rings is 1. The lowest BCUT2D eigenvalue weighted by Gasteiger charge is -2.05. The number of methoxy groups -OCH3 is 2. The molecule has 1 aromatic heterocycles. The predicted molar refractivity (Wildman–Crippen MR) is 94.8 cm³/mol. The van der Waals surface area contributed by atoms with Crippen molar-refractivity contribution >= 4 is 48.5 Å². The number of ether oxygens (including phenoxy) is 2. The summed E-state index contributed by atoms with van der Waals surface area (Å²) in [7, 11) is 3.16. The Morgan fingerprint density at radius 3 is 2.57 bits per heavy atom. The summed E-state index contributed by atoms with van der Waals surface area (Å²) >= 11 is 4.75. The van der Waals surface area contributed by atoms with Gasteiger partial charge in [-0.3, -0.25) is 10.1 Å². The van der Waals surface area contributed by atoms with Crippen LogP contribution >= 0.6 is 27.3 Å². The highest BCUT2D eigenvalue weighted by molar-refractivity contribution is 9.10. The third kappa shape index (κ3) is 3.16. The number of rotatable bonds is 4. The van der Waals surface area contributed by atoms with E-state index in [0.717, 1.165) is 14.7 Å². The van der Waals surface area contributed by atoms with E-state index in [1.54, 1.807) is 26.4 Å². The number of halogens is 1. The molecular weight excluding hydrogens is 380 g/mol. The molecule has 0 aliphatic rings. The Kier molecular flexibility index (Phi) is 4.49. The molecule has 0 aliphatic heterocycles. The maximum absolute atomic E-state index is 12.3. The van der Waals surface area contributed by atoms with Crippen molar-refractivity contribution < 1.29 is 14.3 Å². The van der Waals surface area contributed by atoms with Crippen molar-refractivity contribution in [3.8, 4) is 11.5 Å². The highest BCUT2D eigenvalue weighted by Crippen LogP contribution is 2.36. The lowest BCUT2D eigenvalue weighted by Crippen LogP contribution is -2.12. The van der Waals surface area contributed by atoms with Crippen molar-refractivity contribution in [1.29, 1.82) is 0 Å². The molecule has 0 aliphatic carbocycles. The average Bonchev–Trinajstić information content (AvgIpc) is 2.94. The first-order valence-corrected chi connectivity index (χ1v) is 8.31. The molecule has 5 nitrogen and oxygen atoms in total. The first-order valence-electron chi connectivity index (χ1n) is 6.71. The van der Waals surface area contributed by atoms with E-state index in [1.807, 2.05) is 24.3 Å². The van der Waals surface area contributed by atoms with Crippen molar-refractivity contribution in [3.05, 3.63) is 46.4 Å². The lowest BCUT2D eigenvalue weighted by molar-refractivity contribution is 0.102. The number of hydrogen-bond acceptors (Lipinski definition) is 5. The Bertz CT molecular complexity index is 838. The third-order valence-electron chi connectivity index (χ3n) is 3.23. The van der Waals surface area contributed by atoms with Gasteiger partial charge in [-0.25, -0.2) is 4.98 Å². The van der Waals surface area contributed by atoms with E-state index in [2.05, 4.69) is 26.2 Å². The van der Waals surface area contributed by atoms with Crippen LogP contribution in [0.5, 0.6) is 11.5 Å². The molecule has 3 aromatic rings. The molecule has 1 heterocycles. The van der Waals surface area contributed by atoms with Gasteiger partial charge in [0.15, 0.2) is 16.6 Å². The van der Waals surface area contributed by atoms with Gasteiger partial charge in [-0.15, -0.1) is 0 Å². The second kappa shape index (κ2) is 6.55. The first kappa shape index (κ1) is 15.8. The summed E-state index contributed by atoms with van der Waals surface area (Å²) in [6.07, 6.45) is 0. The average molecular weight is 393 g/mol. The van der Waals surface area contributed by atoms with E-state index in [9.17, 15) is 4.79 Å². The Hall–Kier alpha value is -2.12. The van der Waals surface area contributed by atoms with Gasteiger partial charge in [0.2, 0.25) is 0 Å². The van der Waals surface area contributed by atoms with Crippen LogP contribution in [0.1, 0.15) is 10.4 Å². The molecular formula is C16H13BrN2O3S. The van der Waals surface area contributed by atoms with Crippen molar-refractivity contribution in [3.63, 3.8) is 0 Å². The largest absolute Gasteiger partial charge is 0.493 e. The Morgan fingerprint density at radius 1 is 1.17 bits per heavy atom. The molecule has 118 valence electrons. The van der Waals surface area contributed by atoms with Crippen LogP contribution in [0.4, 0.5) is 5.13 Å². The van der Waals surface area contributed by atoms with Crippen LogP contribution in [0.3, 0.4) is 0 Å². The summed E-state index contributed by atoms with van der Waals surface area (Å²) in [5.41, 5.74) is 1.30. The molecule has 0 saturated heterocycles. The molecule has 0 radical (unpaired) electrons. The lowest BCUT2D eigenvalue weighted by atomic mass is 10.2. The monoisotopic (exact) mass is 392 g/mol. The molecule has 0 fully saturated rings. The molecule has 0 spiro atoms. The molecule has 0 saturated carbocycles. The van der Waals surface area contributed by atoms with Crippen LogP contribution < -0.4 is 14.8 Å². The van der Waals surface area contributed by atoms with Gasteiger partial charge >= 0.3 is 0 Å². The van der Waals surface area contributed by atoms with Gasteiger partial charge in [0.25, 0.3) is 5.91 Å². The smallest absolute Gasteiger partial charge is 0.258 e. The SMILES string of the molecule is COc1cc2nc(NC(=O)c3ccccc3Br)sc2cc1OC. The molecule has 0 atom stereocenters. The fourth-order valence-corrected chi connectivity index (χ4v) is 3.45. The standard InChI is InChI=1S/C16H13BrN2O3S/c1-21-12-7-11-14(8-13(12)22-2)23-16(18-11)19-15(20)9-5-3-4-6-10(9)17/h3-8H,1-2H3,(H,18,19,20). The number of benzene rings is 2. The van der Waals surface area contributed by atoms with E-state index in [4.69, 9.17) is 9.47 Å². The molecule has 0 unspecified atom stereocenters. The van der Waals surface area contributed by atoms with Crippen molar-refractivity contribution in [2.75, 3.05) is 19.5 Å². The van der Waals surface area contributed by atoms with Gasteiger partial charge in [-0.2, -0.15) is 0 Å². The third-order valence-corrected chi connectivity index (χ3v) is 4.86. The number of carbonyl (C=O) groups excluding carboxylic acids is 1. The topological polar surface area (TPSA) is 60.5 Å². The second-order valence-corrected chi connectivity index (χ2v) is 6.51. The number of nitrogens with one attached hydrogen (secondary N) is 1. The zero-order valence-electron chi connectivity index (χ0n) is 12.4. The van der Waals surface area contributed by atoms with Crippen LogP contribution in [0.2, 0.25) is 0 Å². The quantitative estimate of drug-likeness (QED) is 0.717. The first-order chi connectivity index (χ1) is 11.1. The predicted octanol–water partition coefficient (Wildman–Crippen LogP) is 4.33. The van der Waals surface area contributed by atoms with Crippen LogP contribution in [0, 0.1) is 0 Å². The van der Waals surface area contributed by atoms with Gasteiger partial charge < -0.3 is 9.47 Å². The van der Waals surface area contributed by atoms with Gasteiger partial charge in [-0.05, 0) is 28.1 Å². The number of hydrogen-bond donors (Lipinski definition) is 1. The minimum absolute atomic E-state index is 0.213. The summed E-state index contributed by atoms with van der Waals surface area (Å²) in [6.45, 7) is 0. The molecule has 1 amide bonds. The fraction of sp³-hybridized carbons (Fsp3) is 0.125. The second-order valence-electron chi connectivity index (χ2n) is 4.63. The summed E-state index contributed by atoms with van der Waals surface area (Å²) in [4.78, 5) is 16.8. The Labute approximate surface area is 145 Å². The minimum Gasteiger partial charge on any atom is -0.493 e. The molecule has 0 bridgehead atoms. The normalized spacial score (nSPS) is 10.6. The maximum Gasteiger partial charge on any atom is 0.258 e. The van der Waals surface area contributed by atoms with E-state index in [0.29, 0.717) is 22.2 Å². The number of fused-ring (bicyclic) bond motifs is 1. The van der Waals surface area contributed by atoms with E-state index < -0.39 is 0 Å².